The van der Waals surface area contributed by atoms with Gasteiger partial charge in [-0.25, -0.2) is 0 Å². The molecule has 4 fully saturated rings. The molecular formula is C26H37NO. The van der Waals surface area contributed by atoms with E-state index in [1.54, 1.807) is 0 Å². The Kier molecular flexibility index (Phi) is 4.24. The van der Waals surface area contributed by atoms with Crippen molar-refractivity contribution in [2.75, 3.05) is 7.05 Å². The third-order valence-corrected chi connectivity index (χ3v) is 9.80. The number of carbonyl (C=O) groups is 1. The van der Waals surface area contributed by atoms with E-state index < -0.39 is 0 Å². The Balaban J connectivity index is 1.51. The standard InChI is InChI=1S/C26H37NO/c1-17-7-5-8-18(15-17)20-16-26(3)22-12-14-25(2)13-6-9-21(25)19(22)10-11-23(26)27(4)24(20)28/h5,7-8,15,19-23H,6,9-14,16H2,1-4H3/t19-,20?,21-,22+,23?,25-,26+/m0/s1. The van der Waals surface area contributed by atoms with Crippen molar-refractivity contribution in [3.63, 3.8) is 0 Å². The summed E-state index contributed by atoms with van der Waals surface area (Å²) in [5.74, 6) is 3.02. The van der Waals surface area contributed by atoms with Crippen molar-refractivity contribution in [3.05, 3.63) is 35.4 Å². The summed E-state index contributed by atoms with van der Waals surface area (Å²) < 4.78 is 0. The van der Waals surface area contributed by atoms with Gasteiger partial charge in [0.15, 0.2) is 0 Å². The third kappa shape index (κ3) is 2.55. The monoisotopic (exact) mass is 379 g/mol. The Hall–Kier alpha value is -1.31. The van der Waals surface area contributed by atoms with E-state index in [9.17, 15) is 4.79 Å². The number of amides is 1. The molecule has 7 atom stereocenters. The molecular weight excluding hydrogens is 342 g/mol. The van der Waals surface area contributed by atoms with Crippen molar-refractivity contribution in [3.8, 4) is 0 Å². The summed E-state index contributed by atoms with van der Waals surface area (Å²) in [7, 11) is 2.09. The first-order valence-electron chi connectivity index (χ1n) is 11.7. The number of nitrogens with zero attached hydrogens (tertiary/aromatic N) is 1. The van der Waals surface area contributed by atoms with E-state index in [-0.39, 0.29) is 11.3 Å². The Bertz CT molecular complexity index is 786. The lowest BCUT2D eigenvalue weighted by Gasteiger charge is -2.62. The van der Waals surface area contributed by atoms with Crippen LogP contribution in [0.5, 0.6) is 0 Å². The molecule has 0 N–H and O–H groups in total. The molecule has 0 bridgehead atoms. The highest BCUT2D eigenvalue weighted by molar-refractivity contribution is 5.85. The average Bonchev–Trinajstić information content (AvgIpc) is 3.06. The summed E-state index contributed by atoms with van der Waals surface area (Å²) in [5, 5.41) is 0. The molecule has 1 aliphatic heterocycles. The second kappa shape index (κ2) is 6.34. The number of fused-ring (bicyclic) bond motifs is 5. The summed E-state index contributed by atoms with van der Waals surface area (Å²) in [6.07, 6.45) is 10.7. The van der Waals surface area contributed by atoms with Crippen LogP contribution < -0.4 is 0 Å². The average molecular weight is 380 g/mol. The van der Waals surface area contributed by atoms with Crippen molar-refractivity contribution >= 4 is 5.91 Å². The molecule has 3 saturated carbocycles. The normalized spacial score (nSPS) is 45.4. The van der Waals surface area contributed by atoms with Crippen LogP contribution in [0.15, 0.2) is 24.3 Å². The van der Waals surface area contributed by atoms with Gasteiger partial charge in [0.05, 0.1) is 5.92 Å². The van der Waals surface area contributed by atoms with Gasteiger partial charge in [0.1, 0.15) is 0 Å². The minimum Gasteiger partial charge on any atom is -0.342 e. The van der Waals surface area contributed by atoms with E-state index in [4.69, 9.17) is 0 Å². The number of hydrogen-bond donors (Lipinski definition) is 0. The van der Waals surface area contributed by atoms with Crippen LogP contribution in [0.4, 0.5) is 0 Å². The number of aryl methyl sites for hydroxylation is 1. The molecule has 5 rings (SSSR count). The Morgan fingerprint density at radius 1 is 1.04 bits per heavy atom. The van der Waals surface area contributed by atoms with Crippen LogP contribution in [-0.4, -0.2) is 23.9 Å². The van der Waals surface area contributed by atoms with Crippen LogP contribution in [-0.2, 0) is 4.79 Å². The van der Waals surface area contributed by atoms with Gasteiger partial charge < -0.3 is 4.90 Å². The summed E-state index contributed by atoms with van der Waals surface area (Å²) in [5.41, 5.74) is 3.38. The van der Waals surface area contributed by atoms with Gasteiger partial charge in [0.2, 0.25) is 5.91 Å². The zero-order chi connectivity index (χ0) is 19.7. The van der Waals surface area contributed by atoms with Gasteiger partial charge in [-0.05, 0) is 86.0 Å². The smallest absolute Gasteiger partial charge is 0.230 e. The topological polar surface area (TPSA) is 20.3 Å². The molecule has 2 unspecified atom stereocenters. The summed E-state index contributed by atoms with van der Waals surface area (Å²) in [4.78, 5) is 15.5. The minimum absolute atomic E-state index is 0.0433. The molecule has 1 aromatic carbocycles. The fourth-order valence-corrected chi connectivity index (χ4v) is 8.43. The molecule has 3 aliphatic carbocycles. The van der Waals surface area contributed by atoms with Gasteiger partial charge in [-0.15, -0.1) is 0 Å². The largest absolute Gasteiger partial charge is 0.342 e. The number of benzene rings is 1. The van der Waals surface area contributed by atoms with Gasteiger partial charge >= 0.3 is 0 Å². The van der Waals surface area contributed by atoms with Crippen LogP contribution in [0.3, 0.4) is 0 Å². The highest BCUT2D eigenvalue weighted by Gasteiger charge is 2.60. The number of likely N-dealkylation sites (tertiary alicyclic amines) is 1. The number of hydrogen-bond acceptors (Lipinski definition) is 1. The quantitative estimate of drug-likeness (QED) is 0.591. The number of rotatable bonds is 1. The van der Waals surface area contributed by atoms with Gasteiger partial charge in [-0.1, -0.05) is 50.1 Å². The van der Waals surface area contributed by atoms with Crippen molar-refractivity contribution in [2.45, 2.75) is 84.1 Å². The van der Waals surface area contributed by atoms with Crippen molar-refractivity contribution in [1.82, 2.24) is 4.90 Å². The maximum atomic E-state index is 13.4. The number of likely N-dealkylation sites (N-methyl/N-ethyl adjacent to an activating group) is 1. The van der Waals surface area contributed by atoms with Gasteiger partial charge in [-0.2, -0.15) is 0 Å². The predicted octanol–water partition coefficient (Wildman–Crippen LogP) is 5.94. The third-order valence-electron chi connectivity index (χ3n) is 9.80. The molecule has 1 saturated heterocycles. The van der Waals surface area contributed by atoms with Crippen molar-refractivity contribution in [2.24, 2.45) is 28.6 Å². The molecule has 152 valence electrons. The number of carbonyl (C=O) groups excluding carboxylic acids is 1. The number of piperidine rings is 1. The lowest BCUT2D eigenvalue weighted by Crippen LogP contribution is -2.62. The Labute approximate surface area is 171 Å². The zero-order valence-electron chi connectivity index (χ0n) is 18.2. The fraction of sp³-hybridized carbons (Fsp3) is 0.731. The fourth-order valence-electron chi connectivity index (χ4n) is 8.43. The second-order valence-electron chi connectivity index (χ2n) is 11.2. The van der Waals surface area contributed by atoms with Gasteiger partial charge in [-0.3, -0.25) is 4.79 Å². The second-order valence-corrected chi connectivity index (χ2v) is 11.2. The molecule has 1 aromatic rings. The van der Waals surface area contributed by atoms with E-state index >= 15 is 0 Å². The molecule has 0 aromatic heterocycles. The molecule has 1 amide bonds. The summed E-state index contributed by atoms with van der Waals surface area (Å²) >= 11 is 0. The molecule has 4 aliphatic rings. The molecule has 1 heterocycles. The maximum absolute atomic E-state index is 13.4. The van der Waals surface area contributed by atoms with Gasteiger partial charge in [0, 0.05) is 13.1 Å². The Morgan fingerprint density at radius 3 is 2.64 bits per heavy atom. The zero-order valence-corrected chi connectivity index (χ0v) is 18.2. The molecule has 2 nitrogen and oxygen atoms in total. The first kappa shape index (κ1) is 18.7. The highest BCUT2D eigenvalue weighted by Crippen LogP contribution is 2.65. The SMILES string of the molecule is Cc1cccc(C2C[C@@]3(C)C(CC[C@@H]4[C@H]3CC[C@]3(C)CCC[C@@H]43)N(C)C2=O)c1. The minimum atomic E-state index is 0.0433. The van der Waals surface area contributed by atoms with Crippen LogP contribution in [0.2, 0.25) is 0 Å². The molecule has 0 radical (unpaired) electrons. The van der Waals surface area contributed by atoms with Crippen LogP contribution in [0.1, 0.15) is 82.3 Å². The van der Waals surface area contributed by atoms with E-state index in [0.29, 0.717) is 17.4 Å². The molecule has 0 spiro atoms. The van der Waals surface area contributed by atoms with E-state index in [1.165, 1.54) is 56.1 Å². The molecule has 28 heavy (non-hydrogen) atoms. The first-order valence-corrected chi connectivity index (χ1v) is 11.7. The van der Waals surface area contributed by atoms with E-state index in [0.717, 1.165) is 24.2 Å². The van der Waals surface area contributed by atoms with Crippen LogP contribution in [0.25, 0.3) is 0 Å². The van der Waals surface area contributed by atoms with Crippen LogP contribution >= 0.6 is 0 Å². The lowest BCUT2D eigenvalue weighted by atomic mass is 9.46. The summed E-state index contributed by atoms with van der Waals surface area (Å²) in [6.45, 7) is 7.28. The van der Waals surface area contributed by atoms with E-state index in [2.05, 4.69) is 57.0 Å². The van der Waals surface area contributed by atoms with Crippen LogP contribution in [0, 0.1) is 35.5 Å². The van der Waals surface area contributed by atoms with Crippen molar-refractivity contribution < 1.29 is 4.79 Å². The van der Waals surface area contributed by atoms with E-state index in [1.807, 2.05) is 0 Å². The summed E-state index contributed by atoms with van der Waals surface area (Å²) in [6, 6.07) is 9.13. The maximum Gasteiger partial charge on any atom is 0.230 e. The predicted molar refractivity (Wildman–Crippen MR) is 114 cm³/mol. The van der Waals surface area contributed by atoms with Crippen molar-refractivity contribution in [1.29, 1.82) is 0 Å². The highest BCUT2D eigenvalue weighted by atomic mass is 16.2. The lowest BCUT2D eigenvalue weighted by molar-refractivity contribution is -0.160. The first-order chi connectivity index (χ1) is 13.3. The molecule has 2 heteroatoms. The Morgan fingerprint density at radius 2 is 1.86 bits per heavy atom. The van der Waals surface area contributed by atoms with Gasteiger partial charge in [0.25, 0.3) is 0 Å².